The zero-order chi connectivity index (χ0) is 37.3. The summed E-state index contributed by atoms with van der Waals surface area (Å²) in [5, 5.41) is 40.7. The van der Waals surface area contributed by atoms with Gasteiger partial charge < -0.3 is 25.0 Å². The van der Waals surface area contributed by atoms with Gasteiger partial charge in [0.25, 0.3) is 0 Å². The van der Waals surface area contributed by atoms with Gasteiger partial charge in [-0.15, -0.1) is 5.10 Å². The summed E-state index contributed by atoms with van der Waals surface area (Å²) in [4.78, 5) is 17.5. The second-order valence-corrected chi connectivity index (χ2v) is 13.6. The summed E-state index contributed by atoms with van der Waals surface area (Å²) >= 11 is 6.75. The van der Waals surface area contributed by atoms with Gasteiger partial charge in [0.05, 0.1) is 40.7 Å². The third-order valence-electron chi connectivity index (χ3n) is 9.34. The van der Waals surface area contributed by atoms with Crippen molar-refractivity contribution in [2.45, 2.75) is 65.5 Å². The van der Waals surface area contributed by atoms with E-state index >= 15 is 0 Å². The largest absolute Gasteiger partial charge is 0.488 e. The Morgan fingerprint density at radius 1 is 1.00 bits per heavy atom. The summed E-state index contributed by atoms with van der Waals surface area (Å²) in [6.07, 6.45) is 6.16. The molecule has 274 valence electrons. The predicted molar refractivity (Wildman–Crippen MR) is 200 cm³/mol. The highest BCUT2D eigenvalue weighted by atomic mass is 35.5. The number of aliphatic carboxylic acids is 1. The molecule has 12 nitrogen and oxygen atoms in total. The van der Waals surface area contributed by atoms with Crippen molar-refractivity contribution in [3.05, 3.63) is 117 Å². The van der Waals surface area contributed by atoms with Crippen molar-refractivity contribution in [3.63, 3.8) is 0 Å². The molecule has 1 aliphatic heterocycles. The first-order chi connectivity index (χ1) is 25.7. The maximum Gasteiger partial charge on any atom is 0.306 e. The number of aliphatic hydroxyl groups is 1. The van der Waals surface area contributed by atoms with E-state index in [1.165, 1.54) is 19.0 Å². The zero-order valence-corrected chi connectivity index (χ0v) is 30.5. The number of nitrogens with one attached hydrogen (secondary N) is 1. The van der Waals surface area contributed by atoms with Crippen molar-refractivity contribution in [1.29, 1.82) is 5.26 Å². The van der Waals surface area contributed by atoms with Crippen molar-refractivity contribution >= 4 is 17.6 Å². The Morgan fingerprint density at radius 2 is 1.75 bits per heavy atom. The lowest BCUT2D eigenvalue weighted by Crippen LogP contribution is -2.28. The van der Waals surface area contributed by atoms with E-state index in [9.17, 15) is 15.2 Å². The molecule has 0 radical (unpaired) electrons. The number of nitrogens with zero attached hydrogens (tertiary/aromatic N) is 6. The van der Waals surface area contributed by atoms with E-state index < -0.39 is 12.1 Å². The van der Waals surface area contributed by atoms with Gasteiger partial charge in [-0.1, -0.05) is 47.1 Å². The topological polar surface area (TPSA) is 159 Å². The molecule has 2 aromatic heterocycles. The first kappa shape index (κ1) is 37.4. The van der Waals surface area contributed by atoms with Crippen LogP contribution in [0.4, 0.5) is 0 Å². The number of halogens is 1. The number of benzene rings is 3. The Bertz CT molecular complexity index is 2110. The molecule has 6 rings (SSSR count). The van der Waals surface area contributed by atoms with Crippen LogP contribution in [-0.4, -0.2) is 66.8 Å². The summed E-state index contributed by atoms with van der Waals surface area (Å²) in [6, 6.07) is 19.6. The third-order valence-corrected chi connectivity index (χ3v) is 9.63. The predicted octanol–water partition coefficient (Wildman–Crippen LogP) is 6.15. The number of pyridine rings is 1. The van der Waals surface area contributed by atoms with E-state index in [4.69, 9.17) is 26.2 Å². The van der Waals surface area contributed by atoms with Crippen LogP contribution in [0.2, 0.25) is 5.02 Å². The normalized spacial score (nSPS) is 13.5. The van der Waals surface area contributed by atoms with Crippen LogP contribution in [0, 0.1) is 25.2 Å². The number of aliphatic hydroxyl groups excluding tert-OH is 1. The fourth-order valence-corrected chi connectivity index (χ4v) is 6.74. The summed E-state index contributed by atoms with van der Waals surface area (Å²) in [7, 11) is 0. The minimum absolute atomic E-state index is 0.0619. The number of aromatic nitrogens is 4. The Morgan fingerprint density at radius 3 is 2.53 bits per heavy atom. The highest BCUT2D eigenvalue weighted by molar-refractivity contribution is 6.32. The van der Waals surface area contributed by atoms with E-state index in [0.717, 1.165) is 58.8 Å². The van der Waals surface area contributed by atoms with Gasteiger partial charge in [-0.25, -0.2) is 4.68 Å². The van der Waals surface area contributed by atoms with Gasteiger partial charge in [0, 0.05) is 49.2 Å². The lowest BCUT2D eigenvalue weighted by molar-refractivity contribution is -0.139. The number of likely N-dealkylation sites (tertiary alicyclic amines) is 1. The van der Waals surface area contributed by atoms with Gasteiger partial charge in [-0.3, -0.25) is 14.7 Å². The molecule has 3 heterocycles. The van der Waals surface area contributed by atoms with Crippen molar-refractivity contribution in [2.24, 2.45) is 0 Å². The first-order valence-electron chi connectivity index (χ1n) is 17.5. The average molecular weight is 736 g/mol. The second kappa shape index (κ2) is 17.5. The summed E-state index contributed by atoms with van der Waals surface area (Å²) in [5.41, 5.74) is 9.05. The fraction of sp³-hybridized carbons (Fsp3) is 0.325. The summed E-state index contributed by atoms with van der Waals surface area (Å²) in [6.45, 7) is 7.88. The lowest BCUT2D eigenvalue weighted by Gasteiger charge is -2.18. The number of carboxylic acids is 1. The minimum Gasteiger partial charge on any atom is -0.488 e. The van der Waals surface area contributed by atoms with Gasteiger partial charge in [0.1, 0.15) is 30.8 Å². The molecule has 0 unspecified atom stereocenters. The Kier molecular flexibility index (Phi) is 12.3. The number of rotatable bonds is 16. The highest BCUT2D eigenvalue weighted by Gasteiger charge is 2.18. The molecule has 0 bridgehead atoms. The third kappa shape index (κ3) is 9.57. The Labute approximate surface area is 313 Å². The maximum atomic E-state index is 11.0. The molecule has 3 N–H and O–H groups in total. The van der Waals surface area contributed by atoms with Crippen molar-refractivity contribution in [3.8, 4) is 34.4 Å². The number of hydrogen-bond acceptors (Lipinski definition) is 10. The zero-order valence-electron chi connectivity index (χ0n) is 29.8. The fourth-order valence-electron chi connectivity index (χ4n) is 6.50. The summed E-state index contributed by atoms with van der Waals surface area (Å²) < 4.78 is 14.4. The summed E-state index contributed by atoms with van der Waals surface area (Å²) in [5.74, 6) is -0.195. The van der Waals surface area contributed by atoms with Crippen LogP contribution in [-0.2, 0) is 31.1 Å². The van der Waals surface area contributed by atoms with Gasteiger partial charge in [0.2, 0.25) is 0 Å². The van der Waals surface area contributed by atoms with Crippen molar-refractivity contribution < 1.29 is 24.5 Å². The van der Waals surface area contributed by atoms with Crippen LogP contribution in [0.25, 0.3) is 16.8 Å². The number of hydrogen-bond donors (Lipinski definition) is 3. The second-order valence-electron chi connectivity index (χ2n) is 13.2. The van der Waals surface area contributed by atoms with E-state index in [1.807, 2.05) is 29.1 Å². The SMILES string of the molecule is Cc1c(COc2cc(OCc3cncc(C#N)c3)c(CNC[C@@H](O)CC(=O)O)cc2Cl)cccc1-c1cccc(-n2cc(CN3CCCC3)nn2)c1C. The smallest absolute Gasteiger partial charge is 0.306 e. The monoisotopic (exact) mass is 735 g/mol. The van der Waals surface area contributed by atoms with Gasteiger partial charge in [-0.2, -0.15) is 5.26 Å². The van der Waals surface area contributed by atoms with E-state index in [1.54, 1.807) is 24.4 Å². The molecule has 0 amide bonds. The van der Waals surface area contributed by atoms with Crippen LogP contribution >= 0.6 is 11.6 Å². The van der Waals surface area contributed by atoms with Gasteiger partial charge in [-0.05, 0) is 85.8 Å². The molecule has 1 fully saturated rings. The molecule has 5 aromatic rings. The van der Waals surface area contributed by atoms with Crippen LogP contribution in [0.15, 0.2) is 73.2 Å². The molecule has 53 heavy (non-hydrogen) atoms. The lowest BCUT2D eigenvalue weighted by atomic mass is 9.93. The van der Waals surface area contributed by atoms with E-state index in [2.05, 4.69) is 63.6 Å². The molecule has 0 saturated carbocycles. The Balaban J connectivity index is 1.20. The molecular formula is C40H42ClN7O5. The molecule has 1 saturated heterocycles. The molecule has 3 aromatic carbocycles. The molecule has 13 heteroatoms. The highest BCUT2D eigenvalue weighted by Crippen LogP contribution is 2.36. The molecule has 1 aliphatic rings. The minimum atomic E-state index is -1.08. The maximum absolute atomic E-state index is 11.0. The molecule has 0 aliphatic carbocycles. The number of carboxylic acid groups (broad SMARTS) is 1. The van der Waals surface area contributed by atoms with Gasteiger partial charge in [0.15, 0.2) is 0 Å². The van der Waals surface area contributed by atoms with Crippen molar-refractivity contribution in [2.75, 3.05) is 19.6 Å². The van der Waals surface area contributed by atoms with Gasteiger partial charge >= 0.3 is 5.97 Å². The quantitative estimate of drug-likeness (QED) is 0.107. The average Bonchev–Trinajstić information content (AvgIpc) is 3.84. The van der Waals surface area contributed by atoms with Crippen LogP contribution < -0.4 is 14.8 Å². The van der Waals surface area contributed by atoms with E-state index in [0.29, 0.717) is 33.2 Å². The molecule has 0 spiro atoms. The molecular weight excluding hydrogens is 694 g/mol. The van der Waals surface area contributed by atoms with Crippen LogP contribution in [0.1, 0.15) is 58.3 Å². The van der Waals surface area contributed by atoms with Crippen LogP contribution in [0.3, 0.4) is 0 Å². The Hall–Kier alpha value is -5.32. The van der Waals surface area contributed by atoms with E-state index in [-0.39, 0.29) is 32.7 Å². The number of carbonyl (C=O) groups is 1. The standard InChI is InChI=1S/C40H42ClN7O5/c1-26-30(7-5-8-34(26)35-9-6-10-37(27(35)2)48-23-32(45-46-48)22-47-11-3-4-12-47)25-53-39-16-38(52-24-29-13-28(17-42)18-43-19-29)31(14-36(39)41)20-44-21-33(49)15-40(50)51/h5-10,13-14,16,18-19,23,33,44,49H,3-4,11-12,15,20-22,24-25H2,1-2H3,(H,50,51)/t33-/m0/s1. The molecule has 1 atom stereocenters. The number of ether oxygens (including phenoxy) is 2. The number of nitriles is 1. The first-order valence-corrected chi connectivity index (χ1v) is 17.9. The van der Waals surface area contributed by atoms with Crippen molar-refractivity contribution in [1.82, 2.24) is 30.2 Å². The van der Waals surface area contributed by atoms with Crippen LogP contribution in [0.5, 0.6) is 11.5 Å².